The van der Waals surface area contributed by atoms with Crippen molar-refractivity contribution in [2.75, 3.05) is 11.5 Å². The standard InChI is InChI=1S/C9H11N3O3S/c10-3-4-16(14,15)12-6-7-5-8(11)1-2-9(7)13/h1-2,5,12-13H,4,6,11H2. The molecule has 0 spiro atoms. The van der Waals surface area contributed by atoms with E-state index in [1.165, 1.54) is 24.3 Å². The zero-order valence-electron chi connectivity index (χ0n) is 8.34. The molecule has 1 aromatic carbocycles. The highest BCUT2D eigenvalue weighted by molar-refractivity contribution is 7.89. The molecule has 0 aromatic heterocycles. The van der Waals surface area contributed by atoms with E-state index in [0.717, 1.165) is 0 Å². The van der Waals surface area contributed by atoms with Gasteiger partial charge in [-0.2, -0.15) is 5.26 Å². The predicted octanol–water partition coefficient (Wildman–Crippen LogP) is -0.0826. The van der Waals surface area contributed by atoms with Gasteiger partial charge in [0.05, 0.1) is 6.07 Å². The van der Waals surface area contributed by atoms with Crippen molar-refractivity contribution >= 4 is 15.7 Å². The fraction of sp³-hybridized carbons (Fsp3) is 0.222. The molecule has 1 aromatic rings. The van der Waals surface area contributed by atoms with Crippen LogP contribution in [0.25, 0.3) is 0 Å². The first-order chi connectivity index (χ1) is 7.44. The summed E-state index contributed by atoms with van der Waals surface area (Å²) < 4.78 is 24.5. The summed E-state index contributed by atoms with van der Waals surface area (Å²) in [5.41, 5.74) is 6.27. The molecule has 0 amide bonds. The Bertz CT molecular complexity index is 519. The van der Waals surface area contributed by atoms with E-state index < -0.39 is 15.8 Å². The van der Waals surface area contributed by atoms with Gasteiger partial charge in [-0.15, -0.1) is 0 Å². The van der Waals surface area contributed by atoms with Crippen molar-refractivity contribution in [3.05, 3.63) is 23.8 Å². The second kappa shape index (κ2) is 4.83. The van der Waals surface area contributed by atoms with Gasteiger partial charge >= 0.3 is 0 Å². The number of aromatic hydroxyl groups is 1. The zero-order valence-corrected chi connectivity index (χ0v) is 9.16. The molecule has 0 aliphatic carbocycles. The summed E-state index contributed by atoms with van der Waals surface area (Å²) in [4.78, 5) is 0. The number of rotatable bonds is 4. The number of hydrogen-bond donors (Lipinski definition) is 3. The fourth-order valence-corrected chi connectivity index (χ4v) is 1.72. The van der Waals surface area contributed by atoms with Crippen molar-refractivity contribution < 1.29 is 13.5 Å². The average molecular weight is 241 g/mol. The number of nitrogens with two attached hydrogens (primary N) is 1. The summed E-state index contributed by atoms with van der Waals surface area (Å²) in [6.45, 7) is -0.0963. The number of anilines is 1. The Morgan fingerprint density at radius 1 is 1.50 bits per heavy atom. The third kappa shape index (κ3) is 3.42. The molecule has 6 nitrogen and oxygen atoms in total. The monoisotopic (exact) mass is 241 g/mol. The van der Waals surface area contributed by atoms with Crippen molar-refractivity contribution in [2.24, 2.45) is 0 Å². The minimum absolute atomic E-state index is 0.0474. The van der Waals surface area contributed by atoms with Gasteiger partial charge in [0.2, 0.25) is 10.0 Å². The zero-order chi connectivity index (χ0) is 12.2. The summed E-state index contributed by atoms with van der Waals surface area (Å²) >= 11 is 0. The van der Waals surface area contributed by atoms with Crippen LogP contribution >= 0.6 is 0 Å². The van der Waals surface area contributed by atoms with Crippen molar-refractivity contribution in [1.29, 1.82) is 5.26 Å². The Balaban J connectivity index is 2.76. The number of hydrogen-bond acceptors (Lipinski definition) is 5. The Morgan fingerprint density at radius 3 is 2.81 bits per heavy atom. The molecular weight excluding hydrogens is 230 g/mol. The van der Waals surface area contributed by atoms with Crippen LogP contribution in [-0.4, -0.2) is 19.3 Å². The van der Waals surface area contributed by atoms with Gasteiger partial charge in [-0.3, -0.25) is 0 Å². The molecule has 7 heteroatoms. The number of nitrogens with one attached hydrogen (secondary N) is 1. The number of sulfonamides is 1. The average Bonchev–Trinajstić information content (AvgIpc) is 2.19. The molecule has 0 atom stereocenters. The number of benzene rings is 1. The lowest BCUT2D eigenvalue weighted by atomic mass is 10.2. The third-order valence-electron chi connectivity index (χ3n) is 1.84. The lowest BCUT2D eigenvalue weighted by Crippen LogP contribution is -2.25. The molecule has 0 saturated heterocycles. The number of phenols is 1. The van der Waals surface area contributed by atoms with E-state index in [9.17, 15) is 13.5 Å². The maximum Gasteiger partial charge on any atom is 0.225 e. The van der Waals surface area contributed by atoms with Crippen LogP contribution < -0.4 is 10.5 Å². The van der Waals surface area contributed by atoms with E-state index >= 15 is 0 Å². The minimum atomic E-state index is -3.62. The van der Waals surface area contributed by atoms with Gasteiger partial charge in [0.15, 0.2) is 5.75 Å². The summed E-state index contributed by atoms with van der Waals surface area (Å²) in [5.74, 6) is -0.662. The molecule has 0 radical (unpaired) electrons. The molecule has 16 heavy (non-hydrogen) atoms. The number of phenolic OH excluding ortho intramolecular Hbond substituents is 1. The van der Waals surface area contributed by atoms with E-state index in [0.29, 0.717) is 11.3 Å². The second-order valence-corrected chi connectivity index (χ2v) is 4.93. The summed E-state index contributed by atoms with van der Waals surface area (Å²) in [6.07, 6.45) is 0. The lowest BCUT2D eigenvalue weighted by Gasteiger charge is -2.06. The number of nitriles is 1. The maximum atomic E-state index is 11.2. The van der Waals surface area contributed by atoms with E-state index in [1.807, 2.05) is 0 Å². The van der Waals surface area contributed by atoms with Crippen molar-refractivity contribution in [2.45, 2.75) is 6.54 Å². The van der Waals surface area contributed by atoms with E-state index in [1.54, 1.807) is 0 Å². The molecule has 0 heterocycles. The molecule has 0 aliphatic heterocycles. The topological polar surface area (TPSA) is 116 Å². The second-order valence-electron chi connectivity index (χ2n) is 3.13. The van der Waals surface area contributed by atoms with Gasteiger partial charge in [-0.25, -0.2) is 13.1 Å². The maximum absolute atomic E-state index is 11.2. The molecule has 1 rings (SSSR count). The van der Waals surface area contributed by atoms with Crippen molar-refractivity contribution in [1.82, 2.24) is 4.72 Å². The largest absolute Gasteiger partial charge is 0.508 e. The Labute approximate surface area is 93.4 Å². The predicted molar refractivity (Wildman–Crippen MR) is 58.8 cm³/mol. The van der Waals surface area contributed by atoms with Gasteiger partial charge in [-0.1, -0.05) is 0 Å². The summed E-state index contributed by atoms with van der Waals surface area (Å²) in [5, 5.41) is 17.7. The molecule has 4 N–H and O–H groups in total. The Hall–Kier alpha value is -1.78. The molecule has 0 unspecified atom stereocenters. The quantitative estimate of drug-likeness (QED) is 0.503. The van der Waals surface area contributed by atoms with Crippen LogP contribution in [0, 0.1) is 11.3 Å². The van der Waals surface area contributed by atoms with Crippen molar-refractivity contribution in [3.8, 4) is 11.8 Å². The SMILES string of the molecule is N#CCS(=O)(=O)NCc1cc(N)ccc1O. The molecule has 0 fully saturated rings. The third-order valence-corrected chi connectivity index (χ3v) is 2.93. The van der Waals surface area contributed by atoms with Crippen molar-refractivity contribution in [3.63, 3.8) is 0 Å². The van der Waals surface area contributed by atoms with Crippen LogP contribution in [0.1, 0.15) is 5.56 Å². The smallest absolute Gasteiger partial charge is 0.225 e. The van der Waals surface area contributed by atoms with E-state index in [4.69, 9.17) is 11.0 Å². The van der Waals surface area contributed by atoms with Crippen LogP contribution in [0.4, 0.5) is 5.69 Å². The van der Waals surface area contributed by atoms with Gasteiger partial charge in [0.1, 0.15) is 5.75 Å². The Kier molecular flexibility index (Phi) is 3.71. The highest BCUT2D eigenvalue weighted by Crippen LogP contribution is 2.19. The van der Waals surface area contributed by atoms with Crippen LogP contribution in [0.15, 0.2) is 18.2 Å². The summed E-state index contributed by atoms with van der Waals surface area (Å²) in [7, 11) is -3.62. The van der Waals surface area contributed by atoms with Gasteiger partial charge < -0.3 is 10.8 Å². The molecule has 86 valence electrons. The molecule has 0 bridgehead atoms. The number of nitrogen functional groups attached to an aromatic ring is 1. The van der Waals surface area contributed by atoms with E-state index in [-0.39, 0.29) is 12.3 Å². The molecular formula is C9H11N3O3S. The first-order valence-corrected chi connectivity index (χ1v) is 6.01. The molecule has 0 aliphatic rings. The molecule has 0 saturated carbocycles. The minimum Gasteiger partial charge on any atom is -0.508 e. The lowest BCUT2D eigenvalue weighted by molar-refractivity contribution is 0.467. The normalized spacial score (nSPS) is 10.9. The van der Waals surface area contributed by atoms with E-state index in [2.05, 4.69) is 4.72 Å². The number of nitrogens with zero attached hydrogens (tertiary/aromatic N) is 1. The van der Waals surface area contributed by atoms with Crippen LogP contribution in [0.5, 0.6) is 5.75 Å². The Morgan fingerprint density at radius 2 is 2.19 bits per heavy atom. The van der Waals surface area contributed by atoms with Crippen LogP contribution in [0.2, 0.25) is 0 Å². The van der Waals surface area contributed by atoms with Crippen LogP contribution in [0.3, 0.4) is 0 Å². The summed E-state index contributed by atoms with van der Waals surface area (Å²) in [6, 6.07) is 5.88. The first kappa shape index (κ1) is 12.3. The van der Waals surface area contributed by atoms with Gasteiger partial charge in [0.25, 0.3) is 0 Å². The fourth-order valence-electron chi connectivity index (χ4n) is 1.07. The van der Waals surface area contributed by atoms with Crippen LogP contribution in [-0.2, 0) is 16.6 Å². The van der Waals surface area contributed by atoms with Gasteiger partial charge in [-0.05, 0) is 18.2 Å². The highest BCUT2D eigenvalue weighted by Gasteiger charge is 2.10. The highest BCUT2D eigenvalue weighted by atomic mass is 32.2. The first-order valence-electron chi connectivity index (χ1n) is 4.36. The van der Waals surface area contributed by atoms with Gasteiger partial charge in [0, 0.05) is 17.8 Å².